The van der Waals surface area contributed by atoms with Gasteiger partial charge in [-0.05, 0) is 40.2 Å². The largest absolute Gasteiger partial charge is 0.507 e. The van der Waals surface area contributed by atoms with Gasteiger partial charge in [-0.2, -0.15) is 0 Å². The molecule has 0 aromatic heterocycles. The van der Waals surface area contributed by atoms with E-state index in [1.165, 1.54) is 12.1 Å². The standard InChI is InChI=1S/C12H10BrNO3S/c13-9-5-1-2-6-10(9)14-18(16,17)12-8-4-3-7-11(12)15/h1-8,14-15H. The van der Waals surface area contributed by atoms with E-state index in [1.54, 1.807) is 36.4 Å². The molecule has 0 amide bonds. The molecule has 0 saturated carbocycles. The minimum Gasteiger partial charge on any atom is -0.507 e. The third-order valence-electron chi connectivity index (χ3n) is 2.27. The molecule has 0 spiro atoms. The second-order valence-corrected chi connectivity index (χ2v) is 6.06. The predicted molar refractivity (Wildman–Crippen MR) is 73.1 cm³/mol. The Balaban J connectivity index is 2.40. The number of sulfonamides is 1. The van der Waals surface area contributed by atoms with Crippen LogP contribution < -0.4 is 4.72 Å². The second kappa shape index (κ2) is 4.99. The van der Waals surface area contributed by atoms with Crippen LogP contribution in [0.25, 0.3) is 0 Å². The lowest BCUT2D eigenvalue weighted by Gasteiger charge is -2.10. The smallest absolute Gasteiger partial charge is 0.265 e. The van der Waals surface area contributed by atoms with E-state index in [4.69, 9.17) is 0 Å². The maximum absolute atomic E-state index is 12.1. The van der Waals surface area contributed by atoms with Gasteiger partial charge < -0.3 is 5.11 Å². The van der Waals surface area contributed by atoms with Gasteiger partial charge in [0, 0.05) is 4.47 Å². The molecule has 4 nitrogen and oxygen atoms in total. The highest BCUT2D eigenvalue weighted by Gasteiger charge is 2.18. The van der Waals surface area contributed by atoms with Crippen molar-refractivity contribution in [3.05, 3.63) is 53.0 Å². The fourth-order valence-corrected chi connectivity index (χ4v) is 3.12. The summed E-state index contributed by atoms with van der Waals surface area (Å²) < 4.78 is 27.2. The van der Waals surface area contributed by atoms with Crippen LogP contribution in [0.3, 0.4) is 0 Å². The normalized spacial score (nSPS) is 11.2. The number of phenols is 1. The van der Waals surface area contributed by atoms with Crippen LogP contribution in [-0.4, -0.2) is 13.5 Å². The summed E-state index contributed by atoms with van der Waals surface area (Å²) >= 11 is 3.25. The first kappa shape index (κ1) is 12.9. The molecule has 0 aliphatic rings. The molecule has 0 radical (unpaired) electrons. The van der Waals surface area contributed by atoms with Gasteiger partial charge in [-0.25, -0.2) is 8.42 Å². The number of phenolic OH excluding ortho intramolecular Hbond substituents is 1. The first-order chi connectivity index (χ1) is 8.50. The minimum absolute atomic E-state index is 0.152. The molecule has 0 saturated heterocycles. The summed E-state index contributed by atoms with van der Waals surface area (Å²) in [4.78, 5) is -0.152. The lowest BCUT2D eigenvalue weighted by molar-refractivity contribution is 0.459. The highest BCUT2D eigenvalue weighted by Crippen LogP contribution is 2.27. The van der Waals surface area contributed by atoms with Gasteiger partial charge in [0.05, 0.1) is 5.69 Å². The average molecular weight is 328 g/mol. The SMILES string of the molecule is O=S(=O)(Nc1ccccc1Br)c1ccccc1O. The van der Waals surface area contributed by atoms with Crippen molar-refractivity contribution >= 4 is 31.6 Å². The van der Waals surface area contributed by atoms with E-state index in [1.807, 2.05) is 0 Å². The molecule has 2 aromatic rings. The molecule has 6 heteroatoms. The van der Waals surface area contributed by atoms with Crippen molar-refractivity contribution in [2.24, 2.45) is 0 Å². The number of nitrogens with one attached hydrogen (secondary N) is 1. The fraction of sp³-hybridized carbons (Fsp3) is 0. The van der Waals surface area contributed by atoms with Crippen molar-refractivity contribution in [3.8, 4) is 5.75 Å². The van der Waals surface area contributed by atoms with Crippen molar-refractivity contribution in [2.75, 3.05) is 4.72 Å². The van der Waals surface area contributed by atoms with Gasteiger partial charge >= 0.3 is 0 Å². The minimum atomic E-state index is -3.80. The average Bonchev–Trinajstić information content (AvgIpc) is 2.32. The number of benzene rings is 2. The van der Waals surface area contributed by atoms with Crippen LogP contribution in [0, 0.1) is 0 Å². The molecule has 0 atom stereocenters. The van der Waals surface area contributed by atoms with Crippen LogP contribution in [0.4, 0.5) is 5.69 Å². The van der Waals surface area contributed by atoms with Crippen molar-refractivity contribution in [2.45, 2.75) is 4.90 Å². The number of hydrogen-bond acceptors (Lipinski definition) is 3. The summed E-state index contributed by atoms with van der Waals surface area (Å²) in [6, 6.07) is 12.6. The maximum Gasteiger partial charge on any atom is 0.265 e. The summed E-state index contributed by atoms with van der Waals surface area (Å²) in [5, 5.41) is 9.56. The molecule has 0 bridgehead atoms. The molecule has 0 aliphatic carbocycles. The van der Waals surface area contributed by atoms with Gasteiger partial charge in [-0.3, -0.25) is 4.72 Å². The Bertz CT molecular complexity index is 671. The van der Waals surface area contributed by atoms with Crippen molar-refractivity contribution in [3.63, 3.8) is 0 Å². The summed E-state index contributed by atoms with van der Waals surface area (Å²) in [6.07, 6.45) is 0. The quantitative estimate of drug-likeness (QED) is 0.910. The Labute approximate surface area is 113 Å². The van der Waals surface area contributed by atoms with Crippen molar-refractivity contribution in [1.82, 2.24) is 0 Å². The Morgan fingerprint density at radius 3 is 2.28 bits per heavy atom. The van der Waals surface area contributed by atoms with E-state index in [0.717, 1.165) is 0 Å². The number of hydrogen-bond donors (Lipinski definition) is 2. The molecule has 0 unspecified atom stereocenters. The Hall–Kier alpha value is -1.53. The van der Waals surface area contributed by atoms with E-state index in [2.05, 4.69) is 20.7 Å². The molecule has 94 valence electrons. The highest BCUT2D eigenvalue weighted by atomic mass is 79.9. The number of anilines is 1. The molecule has 0 fully saturated rings. The summed E-state index contributed by atoms with van der Waals surface area (Å²) in [7, 11) is -3.80. The molecular weight excluding hydrogens is 318 g/mol. The van der Waals surface area contributed by atoms with Crippen LogP contribution in [0.15, 0.2) is 57.9 Å². The number of rotatable bonds is 3. The Kier molecular flexibility index (Phi) is 3.58. The van der Waals surface area contributed by atoms with Gasteiger partial charge in [-0.1, -0.05) is 24.3 Å². The Morgan fingerprint density at radius 2 is 1.61 bits per heavy atom. The van der Waals surface area contributed by atoms with Gasteiger partial charge in [0.2, 0.25) is 0 Å². The third kappa shape index (κ3) is 2.65. The summed E-state index contributed by atoms with van der Waals surface area (Å²) in [5.41, 5.74) is 0.417. The van der Waals surface area contributed by atoms with E-state index in [9.17, 15) is 13.5 Å². The summed E-state index contributed by atoms with van der Waals surface area (Å²) in [6.45, 7) is 0. The fourth-order valence-electron chi connectivity index (χ4n) is 1.43. The van der Waals surface area contributed by atoms with Crippen molar-refractivity contribution < 1.29 is 13.5 Å². The van der Waals surface area contributed by atoms with Gasteiger partial charge in [0.25, 0.3) is 10.0 Å². The second-order valence-electron chi connectivity index (χ2n) is 3.55. The van der Waals surface area contributed by atoms with Gasteiger partial charge in [-0.15, -0.1) is 0 Å². The zero-order valence-electron chi connectivity index (χ0n) is 9.17. The monoisotopic (exact) mass is 327 g/mol. The van der Waals surface area contributed by atoms with E-state index in [-0.39, 0.29) is 10.6 Å². The van der Waals surface area contributed by atoms with Crippen LogP contribution >= 0.6 is 15.9 Å². The van der Waals surface area contributed by atoms with E-state index >= 15 is 0 Å². The van der Waals surface area contributed by atoms with E-state index in [0.29, 0.717) is 10.2 Å². The Morgan fingerprint density at radius 1 is 1.00 bits per heavy atom. The van der Waals surface area contributed by atoms with Crippen LogP contribution in [0.2, 0.25) is 0 Å². The van der Waals surface area contributed by atoms with Crippen molar-refractivity contribution in [1.29, 1.82) is 0 Å². The van der Waals surface area contributed by atoms with Crippen LogP contribution in [0.5, 0.6) is 5.75 Å². The first-order valence-electron chi connectivity index (χ1n) is 5.06. The number of aromatic hydroxyl groups is 1. The molecule has 0 aliphatic heterocycles. The zero-order chi connectivity index (χ0) is 13.2. The first-order valence-corrected chi connectivity index (χ1v) is 7.34. The van der Waals surface area contributed by atoms with E-state index < -0.39 is 10.0 Å². The lowest BCUT2D eigenvalue weighted by Crippen LogP contribution is -2.13. The molecule has 2 rings (SSSR count). The molecule has 2 aromatic carbocycles. The van der Waals surface area contributed by atoms with Crippen LogP contribution in [-0.2, 0) is 10.0 Å². The van der Waals surface area contributed by atoms with Crippen LogP contribution in [0.1, 0.15) is 0 Å². The predicted octanol–water partition coefficient (Wildman–Crippen LogP) is 2.96. The maximum atomic E-state index is 12.1. The van der Waals surface area contributed by atoms with Gasteiger partial charge in [0.15, 0.2) is 0 Å². The molecular formula is C12H10BrNO3S. The molecule has 18 heavy (non-hydrogen) atoms. The third-order valence-corrected chi connectivity index (χ3v) is 4.38. The topological polar surface area (TPSA) is 66.4 Å². The number of halogens is 1. The molecule has 2 N–H and O–H groups in total. The highest BCUT2D eigenvalue weighted by molar-refractivity contribution is 9.10. The zero-order valence-corrected chi connectivity index (χ0v) is 11.6. The summed E-state index contributed by atoms with van der Waals surface area (Å²) in [5.74, 6) is -0.281. The van der Waals surface area contributed by atoms with Gasteiger partial charge in [0.1, 0.15) is 10.6 Å². The molecule has 0 heterocycles. The lowest BCUT2D eigenvalue weighted by atomic mass is 10.3. The number of para-hydroxylation sites is 2.